The Bertz CT molecular complexity index is 648. The van der Waals surface area contributed by atoms with Crippen LogP contribution < -0.4 is 0 Å². The topological polar surface area (TPSA) is 40.5 Å². The Morgan fingerprint density at radius 2 is 1.81 bits per heavy atom. The van der Waals surface area contributed by atoms with E-state index in [2.05, 4.69) is 0 Å². The average Bonchev–Trinajstić information content (AvgIpc) is 2.42. The van der Waals surface area contributed by atoms with Gasteiger partial charge in [-0.05, 0) is 29.3 Å². The van der Waals surface area contributed by atoms with Crippen molar-refractivity contribution in [1.29, 1.82) is 0 Å². The summed E-state index contributed by atoms with van der Waals surface area (Å²) in [5.74, 6) is 0.117. The average molecular weight is 285 g/mol. The Hall–Kier alpha value is -2.36. The van der Waals surface area contributed by atoms with E-state index in [4.69, 9.17) is 0 Å². The van der Waals surface area contributed by atoms with E-state index in [1.165, 1.54) is 6.07 Å². The molecule has 0 bridgehead atoms. The largest absolute Gasteiger partial charge is 0.508 e. The minimum Gasteiger partial charge on any atom is -0.508 e. The highest BCUT2D eigenvalue weighted by Crippen LogP contribution is 2.29. The fraction of sp³-hybridized carbons (Fsp3) is 0.235. The molecule has 0 radical (unpaired) electrons. The molecule has 1 aliphatic heterocycles. The first-order chi connectivity index (χ1) is 10.1. The molecule has 0 unspecified atom stereocenters. The van der Waals surface area contributed by atoms with Crippen LogP contribution >= 0.6 is 0 Å². The van der Waals surface area contributed by atoms with Gasteiger partial charge in [-0.2, -0.15) is 0 Å². The van der Waals surface area contributed by atoms with Gasteiger partial charge in [-0.3, -0.25) is 4.79 Å². The number of amides is 1. The van der Waals surface area contributed by atoms with Gasteiger partial charge >= 0.3 is 0 Å². The molecule has 1 saturated heterocycles. The lowest BCUT2D eigenvalue weighted by molar-refractivity contribution is -0.134. The van der Waals surface area contributed by atoms with Gasteiger partial charge in [-0.25, -0.2) is 4.39 Å². The Morgan fingerprint density at radius 1 is 1.14 bits per heavy atom. The van der Waals surface area contributed by atoms with Gasteiger partial charge in [0.1, 0.15) is 11.6 Å². The minimum atomic E-state index is -0.201. The van der Waals surface area contributed by atoms with Crippen LogP contribution in [-0.2, 0) is 11.2 Å². The van der Waals surface area contributed by atoms with Crippen LogP contribution in [0.25, 0.3) is 0 Å². The van der Waals surface area contributed by atoms with Gasteiger partial charge in [0.2, 0.25) is 5.91 Å². The highest BCUT2D eigenvalue weighted by Gasteiger charge is 2.32. The molecule has 21 heavy (non-hydrogen) atoms. The van der Waals surface area contributed by atoms with E-state index in [-0.39, 0.29) is 23.4 Å². The lowest BCUT2D eigenvalue weighted by Gasteiger charge is -2.39. The van der Waals surface area contributed by atoms with Crippen molar-refractivity contribution in [2.45, 2.75) is 12.3 Å². The number of rotatable bonds is 3. The number of phenols is 1. The molecule has 1 N–H and O–H groups in total. The number of nitrogens with zero attached hydrogens (tertiary/aromatic N) is 1. The second kappa shape index (κ2) is 5.56. The zero-order valence-corrected chi connectivity index (χ0v) is 11.5. The molecule has 4 heteroatoms. The Balaban J connectivity index is 1.57. The van der Waals surface area contributed by atoms with Crippen molar-refractivity contribution in [1.82, 2.24) is 4.90 Å². The van der Waals surface area contributed by atoms with Crippen LogP contribution in [0, 0.1) is 5.82 Å². The maximum atomic E-state index is 13.6. The second-order valence-electron chi connectivity index (χ2n) is 5.36. The van der Waals surface area contributed by atoms with Crippen molar-refractivity contribution >= 4 is 5.91 Å². The number of likely N-dealkylation sites (tertiary alicyclic amines) is 1. The normalized spacial score (nSPS) is 14.8. The molecule has 1 heterocycles. The molecule has 1 fully saturated rings. The van der Waals surface area contributed by atoms with E-state index in [0.29, 0.717) is 25.1 Å². The first-order valence-electron chi connectivity index (χ1n) is 6.93. The van der Waals surface area contributed by atoms with Crippen molar-refractivity contribution in [2.75, 3.05) is 13.1 Å². The molecule has 0 spiro atoms. The third kappa shape index (κ3) is 2.89. The summed E-state index contributed by atoms with van der Waals surface area (Å²) in [5, 5.41) is 9.21. The van der Waals surface area contributed by atoms with Gasteiger partial charge in [0.25, 0.3) is 0 Å². The molecule has 3 rings (SSSR count). The summed E-state index contributed by atoms with van der Waals surface area (Å²) in [6, 6.07) is 13.3. The molecule has 0 atom stereocenters. The molecule has 108 valence electrons. The van der Waals surface area contributed by atoms with Crippen LogP contribution in [0.15, 0.2) is 48.5 Å². The van der Waals surface area contributed by atoms with E-state index in [9.17, 15) is 14.3 Å². The zero-order chi connectivity index (χ0) is 14.8. The van der Waals surface area contributed by atoms with Gasteiger partial charge in [0.15, 0.2) is 0 Å². The number of hydrogen-bond donors (Lipinski definition) is 1. The number of carbonyl (C=O) groups is 1. The molecule has 0 aliphatic carbocycles. The molecular formula is C17H16FNO2. The third-order valence-electron chi connectivity index (χ3n) is 3.87. The fourth-order valence-corrected chi connectivity index (χ4v) is 2.59. The number of benzene rings is 2. The first-order valence-corrected chi connectivity index (χ1v) is 6.93. The van der Waals surface area contributed by atoms with Crippen LogP contribution in [0.5, 0.6) is 5.75 Å². The minimum absolute atomic E-state index is 0.0354. The predicted octanol–water partition coefficient (Wildman–Crippen LogP) is 2.70. The van der Waals surface area contributed by atoms with Crippen molar-refractivity contribution in [3.8, 4) is 5.75 Å². The number of phenolic OH excluding ortho intramolecular Hbond substituents is 1. The van der Waals surface area contributed by atoms with E-state index in [0.717, 1.165) is 5.56 Å². The predicted molar refractivity (Wildman–Crippen MR) is 77.5 cm³/mol. The van der Waals surface area contributed by atoms with Crippen molar-refractivity contribution < 1.29 is 14.3 Å². The number of carbonyl (C=O) groups excluding carboxylic acids is 1. The van der Waals surface area contributed by atoms with Gasteiger partial charge in [0, 0.05) is 19.0 Å². The summed E-state index contributed by atoms with van der Waals surface area (Å²) in [6.07, 6.45) is 0.310. The van der Waals surface area contributed by atoms with Crippen LogP contribution in [-0.4, -0.2) is 29.0 Å². The molecule has 3 nitrogen and oxygen atoms in total. The molecule has 0 saturated carbocycles. The monoisotopic (exact) mass is 285 g/mol. The Morgan fingerprint density at radius 3 is 2.48 bits per heavy atom. The first kappa shape index (κ1) is 13.6. The highest BCUT2D eigenvalue weighted by atomic mass is 19.1. The zero-order valence-electron chi connectivity index (χ0n) is 11.5. The number of halogens is 1. The van der Waals surface area contributed by atoms with Gasteiger partial charge < -0.3 is 10.0 Å². The summed E-state index contributed by atoms with van der Waals surface area (Å²) in [6.45, 7) is 1.13. The standard InChI is InChI=1S/C17H16FNO2/c18-16-4-2-1-3-15(16)13-10-19(11-13)17(21)9-12-5-7-14(20)8-6-12/h1-8,13,20H,9-11H2. The molecule has 0 aromatic heterocycles. The molecule has 2 aromatic carbocycles. The molecule has 1 aliphatic rings. The number of hydrogen-bond acceptors (Lipinski definition) is 2. The van der Waals surface area contributed by atoms with Crippen molar-refractivity contribution in [3.63, 3.8) is 0 Å². The smallest absolute Gasteiger partial charge is 0.227 e. The van der Waals surface area contributed by atoms with Crippen LogP contribution in [0.1, 0.15) is 17.0 Å². The summed E-state index contributed by atoms with van der Waals surface area (Å²) in [7, 11) is 0. The van der Waals surface area contributed by atoms with Crippen LogP contribution in [0.3, 0.4) is 0 Å². The maximum Gasteiger partial charge on any atom is 0.227 e. The second-order valence-corrected chi connectivity index (χ2v) is 5.36. The molecular weight excluding hydrogens is 269 g/mol. The van der Waals surface area contributed by atoms with Gasteiger partial charge in [-0.1, -0.05) is 30.3 Å². The van der Waals surface area contributed by atoms with E-state index >= 15 is 0 Å². The quantitative estimate of drug-likeness (QED) is 0.942. The summed E-state index contributed by atoms with van der Waals surface area (Å²) in [4.78, 5) is 13.9. The lowest BCUT2D eigenvalue weighted by atomic mass is 9.90. The summed E-state index contributed by atoms with van der Waals surface area (Å²) in [5.41, 5.74) is 1.55. The maximum absolute atomic E-state index is 13.6. The number of aromatic hydroxyl groups is 1. The molecule has 2 aromatic rings. The van der Waals surface area contributed by atoms with E-state index in [1.807, 2.05) is 6.07 Å². The van der Waals surface area contributed by atoms with Gasteiger partial charge in [0.05, 0.1) is 6.42 Å². The molecule has 1 amide bonds. The van der Waals surface area contributed by atoms with Crippen LogP contribution in [0.2, 0.25) is 0 Å². The SMILES string of the molecule is O=C(Cc1ccc(O)cc1)N1CC(c2ccccc2F)C1. The van der Waals surface area contributed by atoms with Gasteiger partial charge in [-0.15, -0.1) is 0 Å². The Labute approximate surface area is 122 Å². The third-order valence-corrected chi connectivity index (χ3v) is 3.87. The summed E-state index contributed by atoms with van der Waals surface area (Å²) >= 11 is 0. The van der Waals surface area contributed by atoms with Crippen molar-refractivity contribution in [3.05, 3.63) is 65.5 Å². The summed E-state index contributed by atoms with van der Waals surface area (Å²) < 4.78 is 13.6. The van der Waals surface area contributed by atoms with Crippen LogP contribution in [0.4, 0.5) is 4.39 Å². The highest BCUT2D eigenvalue weighted by molar-refractivity contribution is 5.79. The lowest BCUT2D eigenvalue weighted by Crippen LogP contribution is -2.49. The fourth-order valence-electron chi connectivity index (χ4n) is 2.59. The Kier molecular flexibility index (Phi) is 3.60. The van der Waals surface area contributed by atoms with E-state index in [1.54, 1.807) is 41.3 Å². The van der Waals surface area contributed by atoms with E-state index < -0.39 is 0 Å². The van der Waals surface area contributed by atoms with Crippen molar-refractivity contribution in [2.24, 2.45) is 0 Å².